The number of rotatable bonds is 2. The Bertz CT molecular complexity index is 725. The van der Waals surface area contributed by atoms with Crippen LogP contribution in [0.1, 0.15) is 38.9 Å². The molecule has 3 heterocycles. The highest BCUT2D eigenvalue weighted by molar-refractivity contribution is 5.97. The van der Waals surface area contributed by atoms with Gasteiger partial charge in [-0.1, -0.05) is 11.2 Å². The van der Waals surface area contributed by atoms with Crippen molar-refractivity contribution >= 4 is 11.8 Å². The van der Waals surface area contributed by atoms with Gasteiger partial charge in [-0.3, -0.25) is 9.59 Å². The molecule has 0 saturated carbocycles. The van der Waals surface area contributed by atoms with E-state index in [1.54, 1.807) is 25.1 Å². The normalized spacial score (nSPS) is 14.5. The van der Waals surface area contributed by atoms with Gasteiger partial charge in [0.1, 0.15) is 11.5 Å². The summed E-state index contributed by atoms with van der Waals surface area (Å²) in [6.45, 7) is 4.49. The minimum atomic E-state index is -0.338. The molecule has 0 atom stereocenters. The van der Waals surface area contributed by atoms with Crippen molar-refractivity contribution in [3.05, 3.63) is 47.1 Å². The van der Waals surface area contributed by atoms with Gasteiger partial charge in [0.25, 0.3) is 11.8 Å². The highest BCUT2D eigenvalue weighted by atomic mass is 16.5. The molecular formula is C15H16N4O3. The number of amides is 2. The van der Waals surface area contributed by atoms with Gasteiger partial charge in [0.2, 0.25) is 0 Å². The third kappa shape index (κ3) is 2.57. The van der Waals surface area contributed by atoms with Crippen LogP contribution >= 0.6 is 0 Å². The third-order valence-corrected chi connectivity index (χ3v) is 3.45. The van der Waals surface area contributed by atoms with E-state index in [0.29, 0.717) is 24.5 Å². The molecule has 0 N–H and O–H groups in total. The van der Waals surface area contributed by atoms with Crippen molar-refractivity contribution in [2.75, 3.05) is 13.1 Å². The lowest BCUT2D eigenvalue weighted by molar-refractivity contribution is 0.0176. The van der Waals surface area contributed by atoms with Crippen LogP contribution in [-0.4, -0.2) is 45.1 Å². The summed E-state index contributed by atoms with van der Waals surface area (Å²) in [5.41, 5.74) is 1.29. The molecule has 2 amide bonds. The van der Waals surface area contributed by atoms with Crippen LogP contribution in [0.4, 0.5) is 0 Å². The third-order valence-electron chi connectivity index (χ3n) is 3.45. The summed E-state index contributed by atoms with van der Waals surface area (Å²) in [5.74, 6) is -0.0640. The number of hydrogen-bond acceptors (Lipinski definition) is 5. The zero-order valence-corrected chi connectivity index (χ0v) is 12.4. The van der Waals surface area contributed by atoms with Gasteiger partial charge in [0.05, 0.1) is 0 Å². The first kappa shape index (κ1) is 14.2. The van der Waals surface area contributed by atoms with Crippen molar-refractivity contribution in [2.24, 2.45) is 0 Å². The van der Waals surface area contributed by atoms with Crippen LogP contribution in [-0.2, 0) is 0 Å². The second-order valence-electron chi connectivity index (χ2n) is 5.20. The second kappa shape index (κ2) is 5.59. The predicted molar refractivity (Wildman–Crippen MR) is 76.9 cm³/mol. The molecule has 114 valence electrons. The lowest BCUT2D eigenvalue weighted by Gasteiger charge is -2.26. The van der Waals surface area contributed by atoms with Gasteiger partial charge in [-0.05, 0) is 32.4 Å². The fraction of sp³-hybridized carbons (Fsp3) is 0.333. The van der Waals surface area contributed by atoms with Crippen LogP contribution in [0, 0.1) is 13.8 Å². The molecular weight excluding hydrogens is 284 g/mol. The fourth-order valence-electron chi connectivity index (χ4n) is 2.43. The number of aryl methyl sites for hydroxylation is 2. The molecule has 0 bridgehead atoms. The summed E-state index contributed by atoms with van der Waals surface area (Å²) in [7, 11) is 0. The van der Waals surface area contributed by atoms with Gasteiger partial charge in [-0.15, -0.1) is 0 Å². The molecule has 2 aromatic rings. The highest BCUT2D eigenvalue weighted by Crippen LogP contribution is 2.17. The fourth-order valence-corrected chi connectivity index (χ4v) is 2.43. The molecule has 7 nitrogen and oxygen atoms in total. The average Bonchev–Trinajstić information content (AvgIpc) is 3.14. The molecule has 7 heteroatoms. The van der Waals surface area contributed by atoms with Gasteiger partial charge in [0.15, 0.2) is 5.69 Å². The van der Waals surface area contributed by atoms with E-state index in [-0.39, 0.29) is 17.5 Å². The van der Waals surface area contributed by atoms with Crippen LogP contribution in [0.15, 0.2) is 28.8 Å². The summed E-state index contributed by atoms with van der Waals surface area (Å²) >= 11 is 0. The van der Waals surface area contributed by atoms with E-state index in [9.17, 15) is 9.59 Å². The summed E-state index contributed by atoms with van der Waals surface area (Å²) in [5, 5.41) is 6.55. The van der Waals surface area contributed by atoms with Crippen molar-refractivity contribution in [2.45, 2.75) is 20.3 Å². The standard InChI is InChI=1S/C15H16N4O3/c1-10-5-3-6-12(16-10)14(20)18-7-4-8-19(18)15(21)13-9-11(2)22-17-13/h3,5-6,9H,4,7-8H2,1-2H3. The number of nitrogens with zero attached hydrogens (tertiary/aromatic N) is 4. The predicted octanol–water partition coefficient (Wildman–Crippen LogP) is 1.59. The summed E-state index contributed by atoms with van der Waals surface area (Å²) in [6.07, 6.45) is 0.722. The van der Waals surface area contributed by atoms with Gasteiger partial charge in [-0.2, -0.15) is 0 Å². The van der Waals surface area contributed by atoms with Gasteiger partial charge < -0.3 is 4.52 Å². The lowest BCUT2D eigenvalue weighted by atomic mass is 10.3. The number of carbonyl (C=O) groups is 2. The number of aromatic nitrogens is 2. The Morgan fingerprint density at radius 3 is 2.36 bits per heavy atom. The zero-order valence-electron chi connectivity index (χ0n) is 12.4. The maximum absolute atomic E-state index is 12.6. The minimum Gasteiger partial charge on any atom is -0.361 e. The molecule has 0 unspecified atom stereocenters. The van der Waals surface area contributed by atoms with Gasteiger partial charge in [0, 0.05) is 24.8 Å². The van der Waals surface area contributed by atoms with Crippen LogP contribution < -0.4 is 0 Å². The molecule has 3 rings (SSSR count). The molecule has 1 aliphatic rings. The molecule has 22 heavy (non-hydrogen) atoms. The van der Waals surface area contributed by atoms with Crippen LogP contribution in [0.25, 0.3) is 0 Å². The van der Waals surface area contributed by atoms with E-state index in [1.165, 1.54) is 10.0 Å². The van der Waals surface area contributed by atoms with Crippen molar-refractivity contribution in [1.29, 1.82) is 0 Å². The first-order valence-corrected chi connectivity index (χ1v) is 7.07. The maximum Gasteiger partial charge on any atom is 0.294 e. The Balaban J connectivity index is 1.84. The maximum atomic E-state index is 12.6. The second-order valence-corrected chi connectivity index (χ2v) is 5.20. The van der Waals surface area contributed by atoms with E-state index in [4.69, 9.17) is 4.52 Å². The van der Waals surface area contributed by atoms with Crippen molar-refractivity contribution in [3.63, 3.8) is 0 Å². The van der Waals surface area contributed by atoms with Gasteiger partial charge in [-0.25, -0.2) is 15.0 Å². The number of pyridine rings is 1. The number of hydrazine groups is 1. The van der Waals surface area contributed by atoms with E-state index < -0.39 is 0 Å². The van der Waals surface area contributed by atoms with Gasteiger partial charge >= 0.3 is 0 Å². The van der Waals surface area contributed by atoms with Crippen LogP contribution in [0.3, 0.4) is 0 Å². The first-order valence-electron chi connectivity index (χ1n) is 7.07. The SMILES string of the molecule is Cc1cccc(C(=O)N2CCCN2C(=O)c2cc(C)on2)n1. The lowest BCUT2D eigenvalue weighted by Crippen LogP contribution is -2.45. The van der Waals surface area contributed by atoms with Crippen molar-refractivity contribution in [3.8, 4) is 0 Å². The minimum absolute atomic E-state index is 0.203. The summed E-state index contributed by atoms with van der Waals surface area (Å²) in [4.78, 5) is 29.3. The molecule has 1 fully saturated rings. The Kier molecular flexibility index (Phi) is 3.62. The van der Waals surface area contributed by atoms with Crippen molar-refractivity contribution in [1.82, 2.24) is 20.2 Å². The molecule has 0 radical (unpaired) electrons. The molecule has 0 aliphatic carbocycles. The average molecular weight is 300 g/mol. The Labute approximate surface area is 127 Å². The van der Waals surface area contributed by atoms with E-state index in [0.717, 1.165) is 12.1 Å². The largest absolute Gasteiger partial charge is 0.361 e. The summed E-state index contributed by atoms with van der Waals surface area (Å²) < 4.78 is 4.93. The van der Waals surface area contributed by atoms with Crippen LogP contribution in [0.5, 0.6) is 0 Å². The Hall–Kier alpha value is -2.70. The van der Waals surface area contributed by atoms with E-state index >= 15 is 0 Å². The number of hydrogen-bond donors (Lipinski definition) is 0. The molecule has 2 aromatic heterocycles. The summed E-state index contributed by atoms with van der Waals surface area (Å²) in [6, 6.07) is 6.81. The Morgan fingerprint density at radius 1 is 1.09 bits per heavy atom. The first-order chi connectivity index (χ1) is 10.6. The monoisotopic (exact) mass is 300 g/mol. The topological polar surface area (TPSA) is 79.5 Å². The molecule has 1 saturated heterocycles. The quantitative estimate of drug-likeness (QED) is 0.841. The molecule has 1 aliphatic heterocycles. The van der Waals surface area contributed by atoms with Crippen LogP contribution in [0.2, 0.25) is 0 Å². The van der Waals surface area contributed by atoms with Crippen molar-refractivity contribution < 1.29 is 14.1 Å². The highest BCUT2D eigenvalue weighted by Gasteiger charge is 2.33. The van der Waals surface area contributed by atoms with E-state index in [2.05, 4.69) is 10.1 Å². The zero-order chi connectivity index (χ0) is 15.7. The van der Waals surface area contributed by atoms with E-state index in [1.807, 2.05) is 13.0 Å². The smallest absolute Gasteiger partial charge is 0.294 e. The molecule has 0 spiro atoms. The number of carbonyl (C=O) groups excluding carboxylic acids is 2. The molecule has 0 aromatic carbocycles. The Morgan fingerprint density at radius 2 is 1.77 bits per heavy atom.